The summed E-state index contributed by atoms with van der Waals surface area (Å²) in [6.07, 6.45) is 9.07. The van der Waals surface area contributed by atoms with Gasteiger partial charge in [-0.1, -0.05) is 25.5 Å². The molecule has 140 valence electrons. The first kappa shape index (κ1) is 16.9. The first-order valence-corrected chi connectivity index (χ1v) is 9.97. The van der Waals surface area contributed by atoms with Crippen molar-refractivity contribution in [3.63, 3.8) is 0 Å². The van der Waals surface area contributed by atoms with Crippen molar-refractivity contribution in [1.29, 1.82) is 0 Å². The average Bonchev–Trinajstić information content (AvgIpc) is 3.25. The molecule has 5 rings (SSSR count). The number of hydrogen-bond acceptors (Lipinski definition) is 4. The van der Waals surface area contributed by atoms with Gasteiger partial charge in [-0.05, 0) is 69.4 Å². The van der Waals surface area contributed by atoms with Crippen LogP contribution in [-0.4, -0.2) is 34.0 Å². The number of carbonyl (C=O) groups is 2. The first-order chi connectivity index (χ1) is 12.1. The van der Waals surface area contributed by atoms with Gasteiger partial charge in [0.2, 0.25) is 0 Å². The molecule has 0 bridgehead atoms. The molecule has 5 aliphatic rings. The lowest BCUT2D eigenvalue weighted by molar-refractivity contribution is -0.160. The molecule has 4 nitrogen and oxygen atoms in total. The number of rotatable bonds is 1. The molecule has 0 aromatic heterocycles. The van der Waals surface area contributed by atoms with E-state index < -0.39 is 11.0 Å². The molecular weight excluding hydrogens is 328 g/mol. The Morgan fingerprint density at radius 2 is 2.04 bits per heavy atom. The van der Waals surface area contributed by atoms with Crippen LogP contribution >= 0.6 is 0 Å². The highest BCUT2D eigenvalue weighted by Crippen LogP contribution is 2.76. The Morgan fingerprint density at radius 3 is 2.73 bits per heavy atom. The Balaban J connectivity index is 1.62. The van der Waals surface area contributed by atoms with Crippen molar-refractivity contribution < 1.29 is 19.4 Å². The molecule has 0 aromatic rings. The third-order valence-corrected chi connectivity index (χ3v) is 9.05. The number of ketones is 2. The number of epoxide rings is 1. The highest BCUT2D eigenvalue weighted by atomic mass is 16.6. The van der Waals surface area contributed by atoms with Gasteiger partial charge in [0.1, 0.15) is 11.2 Å². The number of hydrogen-bond donors (Lipinski definition) is 1. The predicted molar refractivity (Wildman–Crippen MR) is 96.3 cm³/mol. The summed E-state index contributed by atoms with van der Waals surface area (Å²) in [6, 6.07) is 0. The van der Waals surface area contributed by atoms with Crippen molar-refractivity contribution in [2.24, 2.45) is 28.6 Å². The molecule has 4 fully saturated rings. The van der Waals surface area contributed by atoms with Crippen LogP contribution in [0.1, 0.15) is 53.4 Å². The van der Waals surface area contributed by atoms with Gasteiger partial charge in [0.25, 0.3) is 0 Å². The van der Waals surface area contributed by atoms with Gasteiger partial charge in [-0.15, -0.1) is 0 Å². The van der Waals surface area contributed by atoms with E-state index in [2.05, 4.69) is 19.9 Å². The molecule has 4 aliphatic carbocycles. The molecule has 4 heteroatoms. The average molecular weight is 356 g/mol. The molecule has 1 saturated heterocycles. The van der Waals surface area contributed by atoms with Crippen molar-refractivity contribution in [3.8, 4) is 0 Å². The van der Waals surface area contributed by atoms with E-state index in [4.69, 9.17) is 4.74 Å². The molecule has 3 saturated carbocycles. The van der Waals surface area contributed by atoms with Gasteiger partial charge in [-0.2, -0.15) is 0 Å². The molecule has 1 spiro atoms. The number of aliphatic hydroxyl groups is 1. The molecule has 26 heavy (non-hydrogen) atoms. The summed E-state index contributed by atoms with van der Waals surface area (Å²) in [5.41, 5.74) is -0.999. The summed E-state index contributed by atoms with van der Waals surface area (Å²) in [7, 11) is 0. The summed E-state index contributed by atoms with van der Waals surface area (Å²) in [5, 5.41) is 11.5. The second-order valence-corrected chi connectivity index (χ2v) is 9.84. The SMILES string of the molecule is CC(=O)[C@@]1(O)[C@H](C)C[C@H]2[C@@H]3CCC4=CC(=O)C=C[C@]4(C)[C@@]34O[C@H]4C[C@@]21C. The fourth-order valence-electron chi connectivity index (χ4n) is 7.73. The molecule has 0 amide bonds. The largest absolute Gasteiger partial charge is 0.381 e. The quantitative estimate of drug-likeness (QED) is 0.734. The summed E-state index contributed by atoms with van der Waals surface area (Å²) >= 11 is 0. The van der Waals surface area contributed by atoms with Crippen LogP contribution in [-0.2, 0) is 14.3 Å². The van der Waals surface area contributed by atoms with Gasteiger partial charge >= 0.3 is 0 Å². The number of carbonyl (C=O) groups excluding carboxylic acids is 2. The van der Waals surface area contributed by atoms with E-state index >= 15 is 0 Å². The van der Waals surface area contributed by atoms with Crippen molar-refractivity contribution in [1.82, 2.24) is 0 Å². The monoisotopic (exact) mass is 356 g/mol. The molecule has 1 heterocycles. The van der Waals surface area contributed by atoms with Gasteiger partial charge in [-0.25, -0.2) is 0 Å². The Hall–Kier alpha value is -1.26. The second-order valence-electron chi connectivity index (χ2n) is 9.84. The zero-order chi connectivity index (χ0) is 18.7. The highest BCUT2D eigenvalue weighted by molar-refractivity contribution is 6.01. The van der Waals surface area contributed by atoms with E-state index in [1.807, 2.05) is 6.92 Å². The lowest BCUT2D eigenvalue weighted by Crippen LogP contribution is -2.61. The first-order valence-electron chi connectivity index (χ1n) is 9.97. The third-order valence-electron chi connectivity index (χ3n) is 9.05. The summed E-state index contributed by atoms with van der Waals surface area (Å²) < 4.78 is 6.46. The van der Waals surface area contributed by atoms with Crippen LogP contribution in [0.25, 0.3) is 0 Å². The Labute approximate surface area is 154 Å². The lowest BCUT2D eigenvalue weighted by atomic mass is 9.47. The third kappa shape index (κ3) is 1.53. The van der Waals surface area contributed by atoms with Gasteiger partial charge in [0.15, 0.2) is 11.6 Å². The molecular formula is C22H28O4. The topological polar surface area (TPSA) is 66.9 Å². The minimum atomic E-state index is -1.26. The number of Topliss-reactive ketones (excluding diaryl/α,β-unsaturated/α-hetero) is 1. The summed E-state index contributed by atoms with van der Waals surface area (Å²) in [4.78, 5) is 24.4. The Morgan fingerprint density at radius 1 is 1.31 bits per heavy atom. The maximum atomic E-state index is 12.5. The summed E-state index contributed by atoms with van der Waals surface area (Å²) in [5.74, 6) is 0.536. The zero-order valence-electron chi connectivity index (χ0n) is 16.0. The highest BCUT2D eigenvalue weighted by Gasteiger charge is 2.81. The molecule has 0 aromatic carbocycles. The molecule has 1 N–H and O–H groups in total. The lowest BCUT2D eigenvalue weighted by Gasteiger charge is -2.55. The van der Waals surface area contributed by atoms with Crippen LogP contribution in [0.15, 0.2) is 23.8 Å². The predicted octanol–water partition coefficient (Wildman–Crippen LogP) is 2.99. The van der Waals surface area contributed by atoms with Crippen LogP contribution in [0.3, 0.4) is 0 Å². The number of allylic oxidation sites excluding steroid dienone is 2. The van der Waals surface area contributed by atoms with Crippen LogP contribution in [0, 0.1) is 28.6 Å². The Kier molecular flexibility index (Phi) is 2.98. The second kappa shape index (κ2) is 4.59. The van der Waals surface area contributed by atoms with E-state index in [1.54, 1.807) is 12.2 Å². The normalized spacial score (nSPS) is 56.8. The molecule has 8 atom stereocenters. The van der Waals surface area contributed by atoms with Crippen molar-refractivity contribution in [2.45, 2.75) is 70.7 Å². The maximum absolute atomic E-state index is 12.5. The molecule has 0 unspecified atom stereocenters. The zero-order valence-corrected chi connectivity index (χ0v) is 16.0. The maximum Gasteiger partial charge on any atom is 0.178 e. The standard InChI is InChI=1S/C22H28O4/c1-12-9-17-16-6-5-14-10-15(24)7-8-19(14,3)22(16)18(26-22)11-20(17,4)21(12,25)13(2)23/h7-8,10,12,16-18,25H,5-6,9,11H2,1-4H3/t12-,16+,17+,18+,19+,20+,21+,22-/m1/s1. The molecule has 0 radical (unpaired) electrons. The van der Waals surface area contributed by atoms with Gasteiger partial charge < -0.3 is 9.84 Å². The Bertz CT molecular complexity index is 796. The van der Waals surface area contributed by atoms with E-state index in [0.29, 0.717) is 5.92 Å². The van der Waals surface area contributed by atoms with E-state index in [1.165, 1.54) is 12.5 Å². The van der Waals surface area contributed by atoms with Crippen molar-refractivity contribution >= 4 is 11.6 Å². The molecule has 1 aliphatic heterocycles. The van der Waals surface area contributed by atoms with Crippen LogP contribution < -0.4 is 0 Å². The van der Waals surface area contributed by atoms with Crippen LogP contribution in [0.2, 0.25) is 0 Å². The van der Waals surface area contributed by atoms with Crippen molar-refractivity contribution in [2.75, 3.05) is 0 Å². The fraction of sp³-hybridized carbons (Fsp3) is 0.727. The van der Waals surface area contributed by atoms with Crippen molar-refractivity contribution in [3.05, 3.63) is 23.8 Å². The van der Waals surface area contributed by atoms with Crippen LogP contribution in [0.4, 0.5) is 0 Å². The van der Waals surface area contributed by atoms with E-state index in [9.17, 15) is 14.7 Å². The fourth-order valence-corrected chi connectivity index (χ4v) is 7.73. The smallest absolute Gasteiger partial charge is 0.178 e. The van der Waals surface area contributed by atoms with Gasteiger partial charge in [-0.3, -0.25) is 9.59 Å². The van der Waals surface area contributed by atoms with Gasteiger partial charge in [0.05, 0.1) is 6.10 Å². The minimum absolute atomic E-state index is 0.0298. The minimum Gasteiger partial charge on any atom is -0.381 e. The van der Waals surface area contributed by atoms with E-state index in [-0.39, 0.29) is 40.5 Å². The number of ether oxygens (including phenoxy) is 1. The van der Waals surface area contributed by atoms with Crippen LogP contribution in [0.5, 0.6) is 0 Å². The summed E-state index contributed by atoms with van der Waals surface area (Å²) in [6.45, 7) is 7.89. The van der Waals surface area contributed by atoms with Gasteiger partial charge in [0, 0.05) is 10.8 Å². The van der Waals surface area contributed by atoms with E-state index in [0.717, 1.165) is 25.7 Å². The number of fused-ring (bicyclic) bond motifs is 3.